The number of hydrogen-bond acceptors (Lipinski definition) is 3. The lowest BCUT2D eigenvalue weighted by atomic mass is 10.3. The Balaban J connectivity index is 1.84. The summed E-state index contributed by atoms with van der Waals surface area (Å²) in [4.78, 5) is 16.9. The number of amides is 1. The van der Waals surface area contributed by atoms with E-state index in [2.05, 4.69) is 26.9 Å². The first kappa shape index (κ1) is 15.3. The summed E-state index contributed by atoms with van der Waals surface area (Å²) in [5.41, 5.74) is 3.81. The number of hydrogen-bond donors (Lipinski definition) is 1. The maximum atomic E-state index is 12.4. The van der Waals surface area contributed by atoms with E-state index in [-0.39, 0.29) is 12.5 Å². The number of aromatic nitrogens is 4. The molecule has 0 atom stereocenters. The SMILES string of the molecule is CCCn1c(NC(=O)Cn2nc(C)cc2C)nc2ccccc21. The van der Waals surface area contributed by atoms with Crippen molar-refractivity contribution in [2.45, 2.75) is 40.3 Å². The molecule has 1 amide bonds. The van der Waals surface area contributed by atoms with Crippen LogP contribution in [0.2, 0.25) is 0 Å². The van der Waals surface area contributed by atoms with Gasteiger partial charge in [-0.3, -0.25) is 14.8 Å². The molecular formula is C17H21N5O. The van der Waals surface area contributed by atoms with Gasteiger partial charge in [0.25, 0.3) is 0 Å². The molecule has 0 fully saturated rings. The van der Waals surface area contributed by atoms with Crippen LogP contribution in [0, 0.1) is 13.8 Å². The number of nitrogens with zero attached hydrogens (tertiary/aromatic N) is 4. The van der Waals surface area contributed by atoms with E-state index in [1.807, 2.05) is 44.2 Å². The van der Waals surface area contributed by atoms with Crippen LogP contribution in [0.1, 0.15) is 24.7 Å². The van der Waals surface area contributed by atoms with Crippen molar-refractivity contribution in [1.29, 1.82) is 0 Å². The third kappa shape index (κ3) is 3.11. The number of para-hydroxylation sites is 2. The summed E-state index contributed by atoms with van der Waals surface area (Å²) in [6.07, 6.45) is 0.973. The van der Waals surface area contributed by atoms with Crippen LogP contribution in [0.5, 0.6) is 0 Å². The molecule has 0 saturated carbocycles. The second-order valence-electron chi connectivity index (χ2n) is 5.71. The molecule has 0 aliphatic carbocycles. The highest BCUT2D eigenvalue weighted by molar-refractivity contribution is 5.91. The van der Waals surface area contributed by atoms with Crippen LogP contribution in [0.15, 0.2) is 30.3 Å². The highest BCUT2D eigenvalue weighted by Crippen LogP contribution is 2.20. The van der Waals surface area contributed by atoms with Crippen molar-refractivity contribution in [3.63, 3.8) is 0 Å². The number of fused-ring (bicyclic) bond motifs is 1. The molecule has 0 radical (unpaired) electrons. The van der Waals surface area contributed by atoms with Crippen molar-refractivity contribution in [2.75, 3.05) is 5.32 Å². The fraction of sp³-hybridized carbons (Fsp3) is 0.353. The lowest BCUT2D eigenvalue weighted by molar-refractivity contribution is -0.117. The minimum Gasteiger partial charge on any atom is -0.310 e. The van der Waals surface area contributed by atoms with Crippen molar-refractivity contribution in [2.24, 2.45) is 0 Å². The Morgan fingerprint density at radius 1 is 1.26 bits per heavy atom. The molecular weight excluding hydrogens is 290 g/mol. The molecule has 120 valence electrons. The molecule has 2 heterocycles. The predicted molar refractivity (Wildman–Crippen MR) is 90.4 cm³/mol. The van der Waals surface area contributed by atoms with Gasteiger partial charge in [-0.25, -0.2) is 4.98 Å². The highest BCUT2D eigenvalue weighted by Gasteiger charge is 2.14. The van der Waals surface area contributed by atoms with Gasteiger partial charge < -0.3 is 4.57 Å². The Labute approximate surface area is 135 Å². The number of aryl methyl sites for hydroxylation is 3. The summed E-state index contributed by atoms with van der Waals surface area (Å²) >= 11 is 0. The first-order valence-corrected chi connectivity index (χ1v) is 7.84. The van der Waals surface area contributed by atoms with E-state index in [9.17, 15) is 4.79 Å². The minimum absolute atomic E-state index is 0.121. The molecule has 3 aromatic rings. The summed E-state index contributed by atoms with van der Waals surface area (Å²) in [7, 11) is 0. The molecule has 0 aliphatic rings. The molecule has 2 aromatic heterocycles. The zero-order valence-corrected chi connectivity index (χ0v) is 13.7. The summed E-state index contributed by atoms with van der Waals surface area (Å²) in [6.45, 7) is 6.98. The molecule has 0 aliphatic heterocycles. The zero-order valence-electron chi connectivity index (χ0n) is 13.7. The molecule has 1 aromatic carbocycles. The van der Waals surface area contributed by atoms with Gasteiger partial charge in [0.2, 0.25) is 11.9 Å². The van der Waals surface area contributed by atoms with E-state index in [1.54, 1.807) is 4.68 Å². The van der Waals surface area contributed by atoms with Crippen LogP contribution < -0.4 is 5.32 Å². The molecule has 3 rings (SSSR count). The summed E-state index contributed by atoms with van der Waals surface area (Å²) < 4.78 is 3.76. The van der Waals surface area contributed by atoms with Gasteiger partial charge in [0, 0.05) is 12.2 Å². The van der Waals surface area contributed by atoms with Gasteiger partial charge in [-0.05, 0) is 38.5 Å². The van der Waals surface area contributed by atoms with Crippen molar-refractivity contribution in [3.05, 3.63) is 41.7 Å². The average molecular weight is 311 g/mol. The first-order valence-electron chi connectivity index (χ1n) is 7.84. The quantitative estimate of drug-likeness (QED) is 0.788. The second-order valence-corrected chi connectivity index (χ2v) is 5.71. The normalized spacial score (nSPS) is 11.1. The lowest BCUT2D eigenvalue weighted by Gasteiger charge is -2.09. The number of carbonyl (C=O) groups is 1. The largest absolute Gasteiger partial charge is 0.310 e. The van der Waals surface area contributed by atoms with Crippen molar-refractivity contribution in [3.8, 4) is 0 Å². The van der Waals surface area contributed by atoms with Gasteiger partial charge >= 0.3 is 0 Å². The maximum Gasteiger partial charge on any atom is 0.248 e. The molecule has 0 spiro atoms. The van der Waals surface area contributed by atoms with E-state index in [0.29, 0.717) is 5.95 Å². The Kier molecular flexibility index (Phi) is 4.14. The van der Waals surface area contributed by atoms with Gasteiger partial charge in [-0.2, -0.15) is 5.10 Å². The first-order chi connectivity index (χ1) is 11.1. The van der Waals surface area contributed by atoms with E-state index >= 15 is 0 Å². The number of anilines is 1. The predicted octanol–water partition coefficient (Wildman–Crippen LogP) is 2.90. The van der Waals surface area contributed by atoms with Crippen molar-refractivity contribution < 1.29 is 4.79 Å². The van der Waals surface area contributed by atoms with Gasteiger partial charge in [-0.15, -0.1) is 0 Å². The third-order valence-corrected chi connectivity index (χ3v) is 3.75. The van der Waals surface area contributed by atoms with Crippen molar-refractivity contribution >= 4 is 22.9 Å². The number of carbonyl (C=O) groups excluding carboxylic acids is 1. The van der Waals surface area contributed by atoms with Gasteiger partial charge in [0.05, 0.1) is 16.7 Å². The fourth-order valence-electron chi connectivity index (χ4n) is 2.76. The van der Waals surface area contributed by atoms with Crippen LogP contribution in [-0.4, -0.2) is 25.2 Å². The minimum atomic E-state index is -0.121. The molecule has 6 nitrogen and oxygen atoms in total. The number of rotatable bonds is 5. The van der Waals surface area contributed by atoms with E-state index in [0.717, 1.165) is 35.4 Å². The molecule has 0 unspecified atom stereocenters. The number of imidazole rings is 1. The maximum absolute atomic E-state index is 12.4. The van der Waals surface area contributed by atoms with Crippen molar-refractivity contribution in [1.82, 2.24) is 19.3 Å². The molecule has 0 saturated heterocycles. The Morgan fingerprint density at radius 3 is 2.74 bits per heavy atom. The molecule has 1 N–H and O–H groups in total. The van der Waals surface area contributed by atoms with E-state index in [1.165, 1.54) is 0 Å². The van der Waals surface area contributed by atoms with Gasteiger partial charge in [0.1, 0.15) is 6.54 Å². The Hall–Kier alpha value is -2.63. The zero-order chi connectivity index (χ0) is 16.4. The second kappa shape index (κ2) is 6.24. The van der Waals surface area contributed by atoms with Crippen LogP contribution in [-0.2, 0) is 17.9 Å². The smallest absolute Gasteiger partial charge is 0.248 e. The van der Waals surface area contributed by atoms with Crippen LogP contribution in [0.25, 0.3) is 11.0 Å². The van der Waals surface area contributed by atoms with Crippen LogP contribution in [0.3, 0.4) is 0 Å². The van der Waals surface area contributed by atoms with Gasteiger partial charge in [-0.1, -0.05) is 19.1 Å². The molecule has 6 heteroatoms. The molecule has 23 heavy (non-hydrogen) atoms. The summed E-state index contributed by atoms with van der Waals surface area (Å²) in [5, 5.41) is 7.24. The van der Waals surface area contributed by atoms with E-state index < -0.39 is 0 Å². The monoisotopic (exact) mass is 311 g/mol. The Bertz CT molecular complexity index is 846. The van der Waals surface area contributed by atoms with Crippen LogP contribution >= 0.6 is 0 Å². The third-order valence-electron chi connectivity index (χ3n) is 3.75. The van der Waals surface area contributed by atoms with E-state index in [4.69, 9.17) is 0 Å². The average Bonchev–Trinajstić information content (AvgIpc) is 3.00. The number of nitrogens with one attached hydrogen (secondary N) is 1. The van der Waals surface area contributed by atoms with Gasteiger partial charge in [0.15, 0.2) is 0 Å². The standard InChI is InChI=1S/C17H21N5O/c1-4-9-21-15-8-6-5-7-14(15)18-17(21)19-16(23)11-22-13(3)10-12(2)20-22/h5-8,10H,4,9,11H2,1-3H3,(H,18,19,23). The molecule has 0 bridgehead atoms. The lowest BCUT2D eigenvalue weighted by Crippen LogP contribution is -2.22. The van der Waals surface area contributed by atoms with Crippen LogP contribution in [0.4, 0.5) is 5.95 Å². The number of benzene rings is 1. The highest BCUT2D eigenvalue weighted by atomic mass is 16.2. The Morgan fingerprint density at radius 2 is 2.04 bits per heavy atom. The summed E-state index contributed by atoms with van der Waals surface area (Å²) in [6, 6.07) is 9.87. The topological polar surface area (TPSA) is 64.7 Å². The summed E-state index contributed by atoms with van der Waals surface area (Å²) in [5.74, 6) is 0.475. The fourth-order valence-corrected chi connectivity index (χ4v) is 2.76.